The summed E-state index contributed by atoms with van der Waals surface area (Å²) in [5, 5.41) is 0. The molecule has 3 aliphatic rings. The van der Waals surface area contributed by atoms with Crippen LogP contribution in [-0.2, 0) is 9.59 Å². The fourth-order valence-electron chi connectivity index (χ4n) is 3.23. The molecule has 2 saturated heterocycles. The van der Waals surface area contributed by atoms with Crippen molar-refractivity contribution in [1.29, 1.82) is 0 Å². The molecule has 2 heterocycles. The number of piperidine rings is 1. The number of nitrogens with zero attached hydrogens (tertiary/aromatic N) is 2. The third-order valence-electron chi connectivity index (χ3n) is 4.53. The van der Waals surface area contributed by atoms with Crippen LogP contribution in [0.15, 0.2) is 0 Å². The summed E-state index contributed by atoms with van der Waals surface area (Å²) in [6.45, 7) is 5.42. The average molecular weight is 236 g/mol. The van der Waals surface area contributed by atoms with E-state index in [1.54, 1.807) is 4.90 Å². The zero-order valence-corrected chi connectivity index (χ0v) is 10.6. The fraction of sp³-hybridized carbons (Fsp3) is 0.846. The number of piperazine rings is 1. The van der Waals surface area contributed by atoms with Crippen molar-refractivity contribution in [2.45, 2.75) is 51.6 Å². The van der Waals surface area contributed by atoms with E-state index in [4.69, 9.17) is 0 Å². The molecule has 3 rings (SSSR count). The zero-order valence-electron chi connectivity index (χ0n) is 10.6. The minimum atomic E-state index is -0.151. The summed E-state index contributed by atoms with van der Waals surface area (Å²) in [5.41, 5.74) is 0.215. The molecule has 2 aliphatic heterocycles. The van der Waals surface area contributed by atoms with Gasteiger partial charge < -0.3 is 9.80 Å². The highest BCUT2D eigenvalue weighted by Crippen LogP contribution is 2.49. The minimum absolute atomic E-state index is 0.150. The molecule has 0 bridgehead atoms. The third kappa shape index (κ3) is 1.65. The molecule has 0 spiro atoms. The Morgan fingerprint density at radius 1 is 1.18 bits per heavy atom. The van der Waals surface area contributed by atoms with E-state index in [1.807, 2.05) is 4.90 Å². The van der Waals surface area contributed by atoms with Crippen LogP contribution in [0.4, 0.5) is 0 Å². The van der Waals surface area contributed by atoms with Gasteiger partial charge in [-0.15, -0.1) is 0 Å². The van der Waals surface area contributed by atoms with Crippen molar-refractivity contribution in [3.05, 3.63) is 0 Å². The second-order valence-corrected chi connectivity index (χ2v) is 6.27. The Morgan fingerprint density at radius 2 is 1.88 bits per heavy atom. The topological polar surface area (TPSA) is 40.6 Å². The lowest BCUT2D eigenvalue weighted by Gasteiger charge is -2.43. The highest BCUT2D eigenvalue weighted by Gasteiger charge is 2.54. The van der Waals surface area contributed by atoms with Crippen LogP contribution in [-0.4, -0.2) is 46.8 Å². The van der Waals surface area contributed by atoms with Crippen molar-refractivity contribution >= 4 is 11.8 Å². The number of carbonyl (C=O) groups excluding carboxylic acids is 2. The van der Waals surface area contributed by atoms with Gasteiger partial charge in [-0.25, -0.2) is 0 Å². The van der Waals surface area contributed by atoms with E-state index >= 15 is 0 Å². The molecule has 17 heavy (non-hydrogen) atoms. The normalized spacial score (nSPS) is 35.9. The van der Waals surface area contributed by atoms with Crippen LogP contribution in [0.2, 0.25) is 0 Å². The Hall–Kier alpha value is -1.06. The Bertz CT molecular complexity index is 378. The van der Waals surface area contributed by atoms with E-state index in [0.29, 0.717) is 12.6 Å². The molecule has 3 fully saturated rings. The first-order valence-corrected chi connectivity index (χ1v) is 6.61. The van der Waals surface area contributed by atoms with Gasteiger partial charge in [0.15, 0.2) is 0 Å². The van der Waals surface area contributed by atoms with Gasteiger partial charge in [0.25, 0.3) is 0 Å². The molecule has 0 radical (unpaired) electrons. The van der Waals surface area contributed by atoms with Crippen molar-refractivity contribution < 1.29 is 9.59 Å². The van der Waals surface area contributed by atoms with Gasteiger partial charge in [-0.1, -0.05) is 13.8 Å². The van der Waals surface area contributed by atoms with E-state index in [9.17, 15) is 9.59 Å². The molecule has 2 amide bonds. The van der Waals surface area contributed by atoms with Crippen molar-refractivity contribution in [3.63, 3.8) is 0 Å². The lowest BCUT2D eigenvalue weighted by atomic mass is 9.98. The van der Waals surface area contributed by atoms with Crippen LogP contribution < -0.4 is 0 Å². The number of hydrogen-bond acceptors (Lipinski definition) is 2. The fourth-order valence-corrected chi connectivity index (χ4v) is 3.23. The lowest BCUT2D eigenvalue weighted by Crippen LogP contribution is -2.62. The highest BCUT2D eigenvalue weighted by molar-refractivity contribution is 5.95. The minimum Gasteiger partial charge on any atom is -0.329 e. The Balaban J connectivity index is 1.80. The second-order valence-electron chi connectivity index (χ2n) is 6.27. The monoisotopic (exact) mass is 236 g/mol. The van der Waals surface area contributed by atoms with Crippen molar-refractivity contribution in [3.8, 4) is 0 Å². The van der Waals surface area contributed by atoms with Gasteiger partial charge in [-0.3, -0.25) is 9.59 Å². The standard InChI is InChI=1S/C13H20N2O2/c1-13(2)7-10(13)15-8-11(16)14-6-4-3-5-9(14)12(15)17/h9-10H,3-8H2,1-2H3. The number of fused-ring (bicyclic) bond motifs is 1. The summed E-state index contributed by atoms with van der Waals surface area (Å²) in [4.78, 5) is 28.1. The van der Waals surface area contributed by atoms with Gasteiger partial charge in [0.05, 0.1) is 0 Å². The van der Waals surface area contributed by atoms with Crippen LogP contribution in [0, 0.1) is 5.41 Å². The van der Waals surface area contributed by atoms with Crippen molar-refractivity contribution in [2.24, 2.45) is 5.41 Å². The van der Waals surface area contributed by atoms with Gasteiger partial charge >= 0.3 is 0 Å². The first-order valence-electron chi connectivity index (χ1n) is 6.61. The van der Waals surface area contributed by atoms with Gasteiger partial charge in [0, 0.05) is 12.6 Å². The van der Waals surface area contributed by atoms with Gasteiger partial charge in [0.1, 0.15) is 12.6 Å². The van der Waals surface area contributed by atoms with E-state index in [1.165, 1.54) is 0 Å². The molecule has 0 aromatic heterocycles. The molecule has 0 N–H and O–H groups in total. The molecule has 0 aromatic carbocycles. The number of carbonyl (C=O) groups is 2. The summed E-state index contributed by atoms with van der Waals surface area (Å²) >= 11 is 0. The van der Waals surface area contributed by atoms with Crippen LogP contribution in [0.3, 0.4) is 0 Å². The van der Waals surface area contributed by atoms with Crippen molar-refractivity contribution in [2.75, 3.05) is 13.1 Å². The first kappa shape index (κ1) is 11.1. The Kier molecular flexibility index (Phi) is 2.25. The molecule has 0 aromatic rings. The zero-order chi connectivity index (χ0) is 12.2. The van der Waals surface area contributed by atoms with E-state index in [-0.39, 0.29) is 23.3 Å². The molecule has 1 saturated carbocycles. The highest BCUT2D eigenvalue weighted by atomic mass is 16.2. The smallest absolute Gasteiger partial charge is 0.246 e. The largest absolute Gasteiger partial charge is 0.329 e. The maximum absolute atomic E-state index is 12.4. The molecular formula is C13H20N2O2. The predicted molar refractivity (Wildman–Crippen MR) is 63.3 cm³/mol. The van der Waals surface area contributed by atoms with E-state index in [0.717, 1.165) is 32.2 Å². The Labute approximate surface area is 102 Å². The maximum Gasteiger partial charge on any atom is 0.246 e. The number of rotatable bonds is 1. The van der Waals surface area contributed by atoms with Crippen LogP contribution in [0.1, 0.15) is 39.5 Å². The molecule has 2 atom stereocenters. The van der Waals surface area contributed by atoms with E-state index < -0.39 is 0 Å². The second kappa shape index (κ2) is 3.47. The molecule has 2 unspecified atom stereocenters. The Morgan fingerprint density at radius 3 is 2.53 bits per heavy atom. The SMILES string of the molecule is CC1(C)CC1N1CC(=O)N2CCCCC2C1=O. The quantitative estimate of drug-likeness (QED) is 0.681. The van der Waals surface area contributed by atoms with Crippen LogP contribution >= 0.6 is 0 Å². The third-order valence-corrected chi connectivity index (χ3v) is 4.53. The average Bonchev–Trinajstić information content (AvgIpc) is 2.93. The van der Waals surface area contributed by atoms with Gasteiger partial charge in [-0.2, -0.15) is 0 Å². The molecule has 94 valence electrons. The molecule has 4 heteroatoms. The molecular weight excluding hydrogens is 216 g/mol. The summed E-state index contributed by atoms with van der Waals surface area (Å²) in [6, 6.07) is 0.143. The maximum atomic E-state index is 12.4. The van der Waals surface area contributed by atoms with Crippen molar-refractivity contribution in [1.82, 2.24) is 9.80 Å². The van der Waals surface area contributed by atoms with E-state index in [2.05, 4.69) is 13.8 Å². The number of hydrogen-bond donors (Lipinski definition) is 0. The molecule has 4 nitrogen and oxygen atoms in total. The van der Waals surface area contributed by atoms with Gasteiger partial charge in [-0.05, 0) is 31.1 Å². The summed E-state index contributed by atoms with van der Waals surface area (Å²) < 4.78 is 0. The first-order chi connectivity index (χ1) is 8.00. The summed E-state index contributed by atoms with van der Waals surface area (Å²) in [6.07, 6.45) is 4.01. The summed E-state index contributed by atoms with van der Waals surface area (Å²) in [5.74, 6) is 0.344. The van der Waals surface area contributed by atoms with Crippen LogP contribution in [0.5, 0.6) is 0 Å². The molecule has 1 aliphatic carbocycles. The lowest BCUT2D eigenvalue weighted by molar-refractivity contribution is -0.158. The van der Waals surface area contributed by atoms with Crippen LogP contribution in [0.25, 0.3) is 0 Å². The van der Waals surface area contributed by atoms with Gasteiger partial charge in [0.2, 0.25) is 11.8 Å². The predicted octanol–water partition coefficient (Wildman–Crippen LogP) is 1.01. The number of amides is 2. The summed E-state index contributed by atoms with van der Waals surface area (Å²) in [7, 11) is 0.